The first kappa shape index (κ1) is 15.6. The summed E-state index contributed by atoms with van der Waals surface area (Å²) in [5.74, 6) is -1.92. The maximum absolute atomic E-state index is 11.6. The van der Waals surface area contributed by atoms with Gasteiger partial charge in [-0.3, -0.25) is 4.90 Å². The number of rotatable bonds is 4. The molecule has 2 rings (SSSR count). The molecule has 2 unspecified atom stereocenters. The molecule has 8 heteroatoms. The molecule has 1 aromatic carbocycles. The summed E-state index contributed by atoms with van der Waals surface area (Å²) in [4.78, 5) is 34.8. The SMILES string of the molecule is COC(=O)N1CC(Oc2cccc(C(=O)O)c2)CC1C(=O)O. The number of carboxylic acid groups (broad SMARTS) is 2. The van der Waals surface area contributed by atoms with E-state index in [0.717, 1.165) is 4.90 Å². The van der Waals surface area contributed by atoms with Gasteiger partial charge in [0.15, 0.2) is 0 Å². The van der Waals surface area contributed by atoms with Crippen molar-refractivity contribution >= 4 is 18.0 Å². The average molecular weight is 309 g/mol. The summed E-state index contributed by atoms with van der Waals surface area (Å²) in [5.41, 5.74) is 0.0649. The van der Waals surface area contributed by atoms with E-state index in [2.05, 4.69) is 4.74 Å². The summed E-state index contributed by atoms with van der Waals surface area (Å²) in [6.07, 6.45) is -1.19. The van der Waals surface area contributed by atoms with Crippen molar-refractivity contribution < 1.29 is 34.1 Å². The molecule has 0 saturated carbocycles. The molecule has 2 atom stereocenters. The molecule has 2 N–H and O–H groups in total. The van der Waals surface area contributed by atoms with Gasteiger partial charge in [-0.15, -0.1) is 0 Å². The molecule has 1 aliphatic rings. The van der Waals surface area contributed by atoms with E-state index in [1.54, 1.807) is 6.07 Å². The molecule has 0 bridgehead atoms. The van der Waals surface area contributed by atoms with Gasteiger partial charge < -0.3 is 19.7 Å². The molecule has 1 fully saturated rings. The van der Waals surface area contributed by atoms with Crippen LogP contribution in [0.25, 0.3) is 0 Å². The van der Waals surface area contributed by atoms with Gasteiger partial charge in [-0.05, 0) is 18.2 Å². The summed E-state index contributed by atoms with van der Waals surface area (Å²) in [5, 5.41) is 18.1. The Labute approximate surface area is 125 Å². The first-order chi connectivity index (χ1) is 10.4. The van der Waals surface area contributed by atoms with Gasteiger partial charge in [0.2, 0.25) is 0 Å². The second-order valence-corrected chi connectivity index (χ2v) is 4.78. The minimum atomic E-state index is -1.14. The van der Waals surface area contributed by atoms with Gasteiger partial charge in [0.05, 0.1) is 19.2 Å². The van der Waals surface area contributed by atoms with Crippen LogP contribution in [0.4, 0.5) is 4.79 Å². The van der Waals surface area contributed by atoms with Crippen LogP contribution >= 0.6 is 0 Å². The standard InChI is InChI=1S/C14H15NO7/c1-21-14(20)15-7-10(6-11(15)13(18)19)22-9-4-2-3-8(5-9)12(16)17/h2-5,10-11H,6-7H2,1H3,(H,16,17)(H,18,19). The molecule has 0 spiro atoms. The molecule has 0 radical (unpaired) electrons. The third-order valence-electron chi connectivity index (χ3n) is 3.34. The van der Waals surface area contributed by atoms with Crippen molar-refractivity contribution in [3.8, 4) is 5.75 Å². The molecule has 1 heterocycles. The topological polar surface area (TPSA) is 113 Å². The van der Waals surface area contributed by atoms with Gasteiger partial charge in [0.1, 0.15) is 17.9 Å². The van der Waals surface area contributed by atoms with Crippen LogP contribution in [0.3, 0.4) is 0 Å². The van der Waals surface area contributed by atoms with Crippen molar-refractivity contribution in [1.29, 1.82) is 0 Å². The van der Waals surface area contributed by atoms with Crippen LogP contribution < -0.4 is 4.74 Å². The number of carbonyl (C=O) groups is 3. The number of carbonyl (C=O) groups excluding carboxylic acids is 1. The highest BCUT2D eigenvalue weighted by Crippen LogP contribution is 2.24. The predicted octanol–water partition coefficient (Wildman–Crippen LogP) is 1.06. The zero-order chi connectivity index (χ0) is 16.3. The van der Waals surface area contributed by atoms with Crippen LogP contribution in [-0.4, -0.2) is 58.9 Å². The fourth-order valence-electron chi connectivity index (χ4n) is 2.33. The monoisotopic (exact) mass is 309 g/mol. The normalized spacial score (nSPS) is 20.5. The van der Waals surface area contributed by atoms with E-state index in [9.17, 15) is 14.4 Å². The van der Waals surface area contributed by atoms with Crippen molar-refractivity contribution in [2.75, 3.05) is 13.7 Å². The molecule has 0 aromatic heterocycles. The highest BCUT2D eigenvalue weighted by molar-refractivity contribution is 5.88. The number of hydrogen-bond acceptors (Lipinski definition) is 5. The molecule has 1 aromatic rings. The minimum Gasteiger partial charge on any atom is -0.488 e. The molecular formula is C14H15NO7. The number of amides is 1. The van der Waals surface area contributed by atoms with E-state index < -0.39 is 30.2 Å². The highest BCUT2D eigenvalue weighted by atomic mass is 16.5. The van der Waals surface area contributed by atoms with Crippen molar-refractivity contribution in [3.63, 3.8) is 0 Å². The lowest BCUT2D eigenvalue weighted by atomic mass is 10.2. The Morgan fingerprint density at radius 2 is 2.00 bits per heavy atom. The lowest BCUT2D eigenvalue weighted by Crippen LogP contribution is -2.40. The summed E-state index contributed by atoms with van der Waals surface area (Å²) in [6, 6.07) is 4.84. The van der Waals surface area contributed by atoms with Crippen LogP contribution in [0.15, 0.2) is 24.3 Å². The Balaban J connectivity index is 2.11. The highest BCUT2D eigenvalue weighted by Gasteiger charge is 2.41. The number of aliphatic carboxylic acids is 1. The van der Waals surface area contributed by atoms with Gasteiger partial charge >= 0.3 is 18.0 Å². The Hall–Kier alpha value is -2.77. The molecular weight excluding hydrogens is 294 g/mol. The number of hydrogen-bond donors (Lipinski definition) is 2. The van der Waals surface area contributed by atoms with E-state index in [4.69, 9.17) is 14.9 Å². The number of carboxylic acids is 2. The Morgan fingerprint density at radius 1 is 1.27 bits per heavy atom. The second-order valence-electron chi connectivity index (χ2n) is 4.78. The summed E-state index contributed by atoms with van der Waals surface area (Å²) in [7, 11) is 1.17. The fourth-order valence-corrected chi connectivity index (χ4v) is 2.33. The van der Waals surface area contributed by atoms with E-state index in [0.29, 0.717) is 5.75 Å². The predicted molar refractivity (Wildman–Crippen MR) is 73.0 cm³/mol. The van der Waals surface area contributed by atoms with Gasteiger partial charge in [-0.1, -0.05) is 6.07 Å². The Morgan fingerprint density at radius 3 is 2.59 bits per heavy atom. The van der Waals surface area contributed by atoms with Gasteiger partial charge in [-0.25, -0.2) is 14.4 Å². The molecule has 1 amide bonds. The fraction of sp³-hybridized carbons (Fsp3) is 0.357. The van der Waals surface area contributed by atoms with Crippen LogP contribution in [0.5, 0.6) is 5.75 Å². The molecule has 118 valence electrons. The molecule has 1 saturated heterocycles. The van der Waals surface area contributed by atoms with Gasteiger partial charge in [-0.2, -0.15) is 0 Å². The maximum atomic E-state index is 11.6. The van der Waals surface area contributed by atoms with Crippen molar-refractivity contribution in [2.45, 2.75) is 18.6 Å². The summed E-state index contributed by atoms with van der Waals surface area (Å²) >= 11 is 0. The van der Waals surface area contributed by atoms with E-state index >= 15 is 0 Å². The largest absolute Gasteiger partial charge is 0.488 e. The number of likely N-dealkylation sites (tertiary alicyclic amines) is 1. The lowest BCUT2D eigenvalue weighted by molar-refractivity contribution is -0.141. The lowest BCUT2D eigenvalue weighted by Gasteiger charge is -2.19. The quantitative estimate of drug-likeness (QED) is 0.854. The first-order valence-electron chi connectivity index (χ1n) is 6.49. The second kappa shape index (κ2) is 6.33. The van der Waals surface area contributed by atoms with E-state index in [-0.39, 0.29) is 18.5 Å². The number of ether oxygens (including phenoxy) is 2. The number of aromatic carboxylic acids is 1. The number of benzene rings is 1. The van der Waals surface area contributed by atoms with Crippen molar-refractivity contribution in [1.82, 2.24) is 4.90 Å². The van der Waals surface area contributed by atoms with Crippen LogP contribution in [0.1, 0.15) is 16.8 Å². The van der Waals surface area contributed by atoms with Gasteiger partial charge in [0.25, 0.3) is 0 Å². The maximum Gasteiger partial charge on any atom is 0.410 e. The van der Waals surface area contributed by atoms with Crippen LogP contribution in [0.2, 0.25) is 0 Å². The average Bonchev–Trinajstić information content (AvgIpc) is 2.90. The summed E-state index contributed by atoms with van der Waals surface area (Å²) < 4.78 is 10.1. The summed E-state index contributed by atoms with van der Waals surface area (Å²) in [6.45, 7) is 0.0565. The van der Waals surface area contributed by atoms with E-state index in [1.807, 2.05) is 0 Å². The Kier molecular flexibility index (Phi) is 4.50. The Bertz CT molecular complexity index is 601. The van der Waals surface area contributed by atoms with Crippen molar-refractivity contribution in [2.24, 2.45) is 0 Å². The van der Waals surface area contributed by atoms with E-state index in [1.165, 1.54) is 25.3 Å². The van der Waals surface area contributed by atoms with Gasteiger partial charge in [0, 0.05) is 6.42 Å². The zero-order valence-corrected chi connectivity index (χ0v) is 11.8. The molecule has 0 aliphatic carbocycles. The minimum absolute atomic E-state index is 0.0565. The third kappa shape index (κ3) is 3.27. The molecule has 22 heavy (non-hydrogen) atoms. The smallest absolute Gasteiger partial charge is 0.410 e. The molecule has 1 aliphatic heterocycles. The first-order valence-corrected chi connectivity index (χ1v) is 6.49. The molecule has 8 nitrogen and oxygen atoms in total. The number of methoxy groups -OCH3 is 1. The van der Waals surface area contributed by atoms with Crippen molar-refractivity contribution in [3.05, 3.63) is 29.8 Å². The zero-order valence-electron chi connectivity index (χ0n) is 11.8. The number of nitrogens with zero attached hydrogens (tertiary/aromatic N) is 1. The third-order valence-corrected chi connectivity index (χ3v) is 3.34. The van der Waals surface area contributed by atoms with Crippen LogP contribution in [0, 0.1) is 0 Å². The van der Waals surface area contributed by atoms with Crippen LogP contribution in [-0.2, 0) is 9.53 Å².